The predicted octanol–water partition coefficient (Wildman–Crippen LogP) is 5.17. The van der Waals surface area contributed by atoms with Gasteiger partial charge in [-0.1, -0.05) is 37.1 Å². The molecule has 2 aliphatic heterocycles. The molecule has 4 aromatic rings. The molecule has 0 spiro atoms. The van der Waals surface area contributed by atoms with Crippen LogP contribution in [0.1, 0.15) is 74.1 Å². The van der Waals surface area contributed by atoms with E-state index in [1.807, 2.05) is 26.2 Å². The summed E-state index contributed by atoms with van der Waals surface area (Å²) in [7, 11) is 3.65. The second-order valence-corrected chi connectivity index (χ2v) is 16.9. The standard InChI is InChI=1S/2C21H31N5O3S.H2O/c2*1-25-21(23-19(24-25)15-30-16-20(27)28)22-9-6-12-29-18-8-5-7-17(13-18)14-26-10-3-2-4-11-26;/h2*5,7-8,13H,2-4,6,9-12,14-16H2,1H3,(H,27,28)(H,22,23,24);1H2. The molecule has 0 saturated carbocycles. The summed E-state index contributed by atoms with van der Waals surface area (Å²) in [6, 6.07) is 16.8. The predicted molar refractivity (Wildman–Crippen MR) is 242 cm³/mol. The van der Waals surface area contributed by atoms with E-state index in [1.165, 1.54) is 99.4 Å². The molecule has 4 heterocycles. The molecule has 0 aliphatic carbocycles. The molecule has 2 saturated heterocycles. The van der Waals surface area contributed by atoms with E-state index in [9.17, 15) is 9.59 Å². The van der Waals surface area contributed by atoms with E-state index in [0.29, 0.717) is 48.3 Å². The first-order valence-electron chi connectivity index (χ1n) is 20.9. The highest BCUT2D eigenvalue weighted by atomic mass is 32.2. The van der Waals surface area contributed by atoms with Crippen LogP contribution in [-0.4, -0.2) is 131 Å². The Kier molecular flexibility index (Phi) is 22.1. The van der Waals surface area contributed by atoms with Crippen LogP contribution in [0.2, 0.25) is 0 Å². The molecule has 17 nitrogen and oxygen atoms in total. The van der Waals surface area contributed by atoms with E-state index in [4.69, 9.17) is 19.7 Å². The number of hydrogen-bond donors (Lipinski definition) is 4. The Bertz CT molecular complexity index is 1750. The quantitative estimate of drug-likeness (QED) is 0.0668. The minimum atomic E-state index is -0.827. The largest absolute Gasteiger partial charge is 0.494 e. The van der Waals surface area contributed by atoms with Gasteiger partial charge in [-0.05, 0) is 100 Å². The Morgan fingerprint density at radius 1 is 0.656 bits per heavy atom. The van der Waals surface area contributed by atoms with Gasteiger partial charge < -0.3 is 35.8 Å². The van der Waals surface area contributed by atoms with Gasteiger partial charge in [0.2, 0.25) is 11.9 Å². The van der Waals surface area contributed by atoms with Crippen LogP contribution < -0.4 is 20.1 Å². The van der Waals surface area contributed by atoms with E-state index in [2.05, 4.69) is 77.0 Å². The van der Waals surface area contributed by atoms with Crippen LogP contribution in [0.5, 0.6) is 11.5 Å². The molecule has 0 bridgehead atoms. The van der Waals surface area contributed by atoms with Crippen LogP contribution >= 0.6 is 23.5 Å². The number of benzene rings is 2. The molecule has 0 radical (unpaired) electrons. The van der Waals surface area contributed by atoms with E-state index < -0.39 is 11.9 Å². The van der Waals surface area contributed by atoms with Gasteiger partial charge in [-0.25, -0.2) is 9.36 Å². The van der Waals surface area contributed by atoms with Crippen molar-refractivity contribution in [3.63, 3.8) is 0 Å². The Morgan fingerprint density at radius 3 is 1.46 bits per heavy atom. The molecule has 336 valence electrons. The lowest BCUT2D eigenvalue weighted by Crippen LogP contribution is -2.29. The minimum Gasteiger partial charge on any atom is -0.494 e. The van der Waals surface area contributed by atoms with Gasteiger partial charge in [-0.3, -0.25) is 19.4 Å². The number of carbonyl (C=O) groups is 2. The molecule has 2 aromatic heterocycles. The van der Waals surface area contributed by atoms with E-state index in [-0.39, 0.29) is 17.0 Å². The smallest absolute Gasteiger partial charge is 0.313 e. The molecule has 2 fully saturated rings. The van der Waals surface area contributed by atoms with Crippen LogP contribution in [0.25, 0.3) is 0 Å². The molecular weight excluding hydrogens is 821 g/mol. The van der Waals surface area contributed by atoms with E-state index in [0.717, 1.165) is 50.5 Å². The lowest BCUT2D eigenvalue weighted by Gasteiger charge is -2.26. The fraction of sp³-hybridized carbons (Fsp3) is 0.571. The van der Waals surface area contributed by atoms with Crippen molar-refractivity contribution < 1.29 is 34.8 Å². The number of ether oxygens (including phenoxy) is 2. The summed E-state index contributed by atoms with van der Waals surface area (Å²) in [4.78, 5) is 35.0. The second-order valence-electron chi connectivity index (χ2n) is 14.9. The van der Waals surface area contributed by atoms with Crippen molar-refractivity contribution in [3.05, 3.63) is 71.3 Å². The zero-order chi connectivity index (χ0) is 42.4. The summed E-state index contributed by atoms with van der Waals surface area (Å²) in [5.41, 5.74) is 2.61. The monoisotopic (exact) mass is 884 g/mol. The normalized spacial score (nSPS) is 14.3. The lowest BCUT2D eigenvalue weighted by molar-refractivity contribution is -0.134. The third-order valence-electron chi connectivity index (χ3n) is 9.78. The summed E-state index contributed by atoms with van der Waals surface area (Å²) in [6.45, 7) is 9.47. The summed E-state index contributed by atoms with van der Waals surface area (Å²) < 4.78 is 15.2. The fourth-order valence-electron chi connectivity index (χ4n) is 6.91. The zero-order valence-corrected chi connectivity index (χ0v) is 37.2. The number of aryl methyl sites for hydroxylation is 2. The van der Waals surface area contributed by atoms with Gasteiger partial charge in [-0.15, -0.1) is 23.5 Å². The number of nitrogens with one attached hydrogen (secondary N) is 2. The van der Waals surface area contributed by atoms with Gasteiger partial charge in [0.1, 0.15) is 11.5 Å². The Hall–Kier alpha value is -4.56. The highest BCUT2D eigenvalue weighted by Crippen LogP contribution is 2.20. The number of likely N-dealkylation sites (tertiary alicyclic amines) is 2. The zero-order valence-electron chi connectivity index (χ0n) is 35.6. The van der Waals surface area contributed by atoms with Crippen molar-refractivity contribution in [3.8, 4) is 11.5 Å². The first-order chi connectivity index (χ1) is 29.2. The molecule has 0 amide bonds. The summed E-state index contributed by atoms with van der Waals surface area (Å²) in [6.07, 6.45) is 9.60. The van der Waals surface area contributed by atoms with Crippen molar-refractivity contribution >= 4 is 47.4 Å². The second kappa shape index (κ2) is 27.4. The Morgan fingerprint density at radius 2 is 1.07 bits per heavy atom. The van der Waals surface area contributed by atoms with Crippen LogP contribution in [0.15, 0.2) is 48.5 Å². The average Bonchev–Trinajstić information content (AvgIpc) is 3.78. The van der Waals surface area contributed by atoms with Crippen molar-refractivity contribution in [2.24, 2.45) is 14.1 Å². The fourth-order valence-corrected chi connectivity index (χ4v) is 8.07. The molecule has 0 unspecified atom stereocenters. The molecule has 2 aromatic carbocycles. The molecule has 2 aliphatic rings. The van der Waals surface area contributed by atoms with Crippen molar-refractivity contribution in [1.82, 2.24) is 39.3 Å². The highest BCUT2D eigenvalue weighted by Gasteiger charge is 2.13. The minimum absolute atomic E-state index is 0. The van der Waals surface area contributed by atoms with Gasteiger partial charge >= 0.3 is 11.9 Å². The number of carboxylic acids is 2. The molecule has 0 atom stereocenters. The number of carboxylic acid groups (broad SMARTS) is 2. The number of thioether (sulfide) groups is 2. The van der Waals surface area contributed by atoms with E-state index in [1.54, 1.807) is 9.36 Å². The van der Waals surface area contributed by atoms with Crippen LogP contribution in [0.4, 0.5) is 11.9 Å². The van der Waals surface area contributed by atoms with Crippen LogP contribution in [0.3, 0.4) is 0 Å². The number of anilines is 2. The van der Waals surface area contributed by atoms with Crippen molar-refractivity contribution in [2.75, 3.05) is 74.6 Å². The number of piperidine rings is 2. The number of nitrogens with zero attached hydrogens (tertiary/aromatic N) is 8. The van der Waals surface area contributed by atoms with Gasteiger partial charge in [0.05, 0.1) is 36.2 Å². The van der Waals surface area contributed by atoms with Crippen molar-refractivity contribution in [1.29, 1.82) is 0 Å². The van der Waals surface area contributed by atoms with Crippen molar-refractivity contribution in [2.45, 2.75) is 76.0 Å². The summed E-state index contributed by atoms with van der Waals surface area (Å²) in [5, 5.41) is 32.5. The number of aliphatic carboxylic acids is 2. The topological polar surface area (TPSA) is 217 Å². The SMILES string of the molecule is Cn1nc(CSCC(=O)O)nc1NCCCOc1cccc(CN2CCCCC2)c1.Cn1nc(CSCC(=O)O)nc1NCCCOc1cccc(CN2CCCCC2)c1.O. The third kappa shape index (κ3) is 18.9. The maximum atomic E-state index is 10.6. The summed E-state index contributed by atoms with van der Waals surface area (Å²) >= 11 is 2.58. The number of aromatic nitrogens is 6. The van der Waals surface area contributed by atoms with Gasteiger partial charge in [0, 0.05) is 40.3 Å². The lowest BCUT2D eigenvalue weighted by atomic mass is 10.1. The molecule has 6 rings (SSSR count). The molecular formula is C42H64N10O7S2. The molecule has 6 N–H and O–H groups in total. The van der Waals surface area contributed by atoms with Gasteiger partial charge in [-0.2, -0.15) is 20.2 Å². The first-order valence-corrected chi connectivity index (χ1v) is 23.3. The Labute approximate surface area is 367 Å². The molecule has 61 heavy (non-hydrogen) atoms. The summed E-state index contributed by atoms with van der Waals surface area (Å²) in [5.74, 6) is 3.89. The number of hydrogen-bond acceptors (Lipinski definition) is 14. The third-order valence-corrected chi connectivity index (χ3v) is 11.6. The van der Waals surface area contributed by atoms with Gasteiger partial charge in [0.25, 0.3) is 0 Å². The van der Waals surface area contributed by atoms with Crippen LogP contribution in [0, 0.1) is 0 Å². The average molecular weight is 885 g/mol. The van der Waals surface area contributed by atoms with Crippen LogP contribution in [-0.2, 0) is 48.3 Å². The van der Waals surface area contributed by atoms with Gasteiger partial charge in [0.15, 0.2) is 11.6 Å². The maximum Gasteiger partial charge on any atom is 0.313 e. The highest BCUT2D eigenvalue weighted by molar-refractivity contribution is 7.99. The number of rotatable bonds is 24. The maximum absolute atomic E-state index is 10.6. The first kappa shape index (κ1) is 49.1. The molecule has 19 heteroatoms. The van der Waals surface area contributed by atoms with E-state index >= 15 is 0 Å². The Balaban J connectivity index is 0.000000264.